The van der Waals surface area contributed by atoms with E-state index in [1.165, 1.54) is 0 Å². The van der Waals surface area contributed by atoms with Gasteiger partial charge in [-0.05, 0) is 17.7 Å². The summed E-state index contributed by atoms with van der Waals surface area (Å²) in [7, 11) is -3.52. The molecule has 1 heterocycles. The molecule has 0 fully saturated rings. The van der Waals surface area contributed by atoms with Gasteiger partial charge < -0.3 is 0 Å². The fraction of sp³-hybridized carbons (Fsp3) is 0.0588. The molecule has 0 atom stereocenters. The van der Waals surface area contributed by atoms with Crippen LogP contribution in [0.15, 0.2) is 72.8 Å². The van der Waals surface area contributed by atoms with Crippen LogP contribution in [0.3, 0.4) is 0 Å². The van der Waals surface area contributed by atoms with E-state index >= 15 is 0 Å². The van der Waals surface area contributed by atoms with Crippen LogP contribution >= 0.6 is 0 Å². The minimum Gasteiger partial charge on any atom is -0.266 e. The van der Waals surface area contributed by atoms with E-state index < -0.39 is 10.0 Å². The predicted octanol–water partition coefficient (Wildman–Crippen LogP) is 3.09. The quantitative estimate of drug-likeness (QED) is 0.782. The fourth-order valence-electron chi connectivity index (χ4n) is 2.14. The van der Waals surface area contributed by atoms with E-state index in [0.29, 0.717) is 11.3 Å². The normalized spacial score (nSPS) is 11.1. The molecule has 0 radical (unpaired) electrons. The first kappa shape index (κ1) is 15.2. The lowest BCUT2D eigenvalue weighted by atomic mass is 10.1. The van der Waals surface area contributed by atoms with E-state index in [1.54, 1.807) is 36.4 Å². The van der Waals surface area contributed by atoms with Crippen LogP contribution in [-0.2, 0) is 15.8 Å². The maximum absolute atomic E-state index is 12.1. The first-order chi connectivity index (χ1) is 11.1. The van der Waals surface area contributed by atoms with Gasteiger partial charge in [0.25, 0.3) is 0 Å². The number of benzene rings is 2. The third-order valence-electron chi connectivity index (χ3n) is 3.19. The van der Waals surface area contributed by atoms with Crippen molar-refractivity contribution in [1.29, 1.82) is 0 Å². The molecule has 116 valence electrons. The zero-order chi connectivity index (χ0) is 16.1. The highest BCUT2D eigenvalue weighted by molar-refractivity contribution is 7.91. The summed E-state index contributed by atoms with van der Waals surface area (Å²) in [6.45, 7) is 0. The standard InChI is InChI=1S/C17H15N3O2S/c21-23(22,13-14-7-3-1-4-8-14)20-17-12-11-16(18-19-17)15-9-5-2-6-10-15/h1-12H,13H2,(H,19,20). The molecule has 0 spiro atoms. The van der Waals surface area contributed by atoms with Gasteiger partial charge in [-0.25, -0.2) is 8.42 Å². The number of sulfonamides is 1. The predicted molar refractivity (Wildman–Crippen MR) is 90.2 cm³/mol. The molecule has 0 aliphatic rings. The summed E-state index contributed by atoms with van der Waals surface area (Å²) in [6.07, 6.45) is 0. The topological polar surface area (TPSA) is 72.0 Å². The van der Waals surface area contributed by atoms with Crippen LogP contribution in [0.4, 0.5) is 5.82 Å². The Morgan fingerprint density at radius 2 is 1.43 bits per heavy atom. The lowest BCUT2D eigenvalue weighted by molar-refractivity contribution is 0.600. The van der Waals surface area contributed by atoms with Gasteiger partial charge in [-0.2, -0.15) is 0 Å². The van der Waals surface area contributed by atoms with Crippen molar-refractivity contribution in [2.24, 2.45) is 0 Å². The van der Waals surface area contributed by atoms with Gasteiger partial charge in [-0.15, -0.1) is 10.2 Å². The van der Waals surface area contributed by atoms with E-state index in [0.717, 1.165) is 5.56 Å². The lowest BCUT2D eigenvalue weighted by Gasteiger charge is -2.07. The summed E-state index contributed by atoms with van der Waals surface area (Å²) in [5, 5.41) is 8.00. The molecule has 0 aliphatic carbocycles. The van der Waals surface area contributed by atoms with Crippen LogP contribution < -0.4 is 4.72 Å². The molecule has 0 bridgehead atoms. The Hall–Kier alpha value is -2.73. The Balaban J connectivity index is 1.73. The number of aromatic nitrogens is 2. The van der Waals surface area contributed by atoms with Crippen molar-refractivity contribution in [2.75, 3.05) is 4.72 Å². The monoisotopic (exact) mass is 325 g/mol. The third-order valence-corrected chi connectivity index (χ3v) is 4.43. The lowest BCUT2D eigenvalue weighted by Crippen LogP contribution is -2.16. The first-order valence-electron chi connectivity index (χ1n) is 7.06. The number of rotatable bonds is 5. The van der Waals surface area contributed by atoms with Crippen molar-refractivity contribution >= 4 is 15.8 Å². The maximum atomic E-state index is 12.1. The molecule has 2 aromatic carbocycles. The summed E-state index contributed by atoms with van der Waals surface area (Å²) in [5.74, 6) is 0.108. The van der Waals surface area contributed by atoms with E-state index in [2.05, 4.69) is 14.9 Å². The molecular weight excluding hydrogens is 310 g/mol. The largest absolute Gasteiger partial charge is 0.266 e. The van der Waals surface area contributed by atoms with Crippen molar-refractivity contribution in [3.05, 3.63) is 78.4 Å². The number of hydrogen-bond donors (Lipinski definition) is 1. The van der Waals surface area contributed by atoms with E-state index in [4.69, 9.17) is 0 Å². The summed E-state index contributed by atoms with van der Waals surface area (Å²) in [4.78, 5) is 0. The Morgan fingerprint density at radius 1 is 0.783 bits per heavy atom. The summed E-state index contributed by atoms with van der Waals surface area (Å²) >= 11 is 0. The van der Waals surface area contributed by atoms with Gasteiger partial charge in [0.05, 0.1) is 11.4 Å². The number of anilines is 1. The van der Waals surface area contributed by atoms with Crippen LogP contribution in [0.2, 0.25) is 0 Å². The Bertz CT molecular complexity index is 865. The van der Waals surface area contributed by atoms with Gasteiger partial charge in [0, 0.05) is 5.56 Å². The van der Waals surface area contributed by atoms with Gasteiger partial charge in [0.2, 0.25) is 10.0 Å². The zero-order valence-corrected chi connectivity index (χ0v) is 13.1. The average Bonchev–Trinajstić information content (AvgIpc) is 2.56. The highest BCUT2D eigenvalue weighted by atomic mass is 32.2. The van der Waals surface area contributed by atoms with Crippen molar-refractivity contribution in [2.45, 2.75) is 5.75 Å². The van der Waals surface area contributed by atoms with Crippen LogP contribution in [0.1, 0.15) is 5.56 Å². The SMILES string of the molecule is O=S(=O)(Cc1ccccc1)Nc1ccc(-c2ccccc2)nn1. The fourth-order valence-corrected chi connectivity index (χ4v) is 3.27. The molecule has 0 amide bonds. The van der Waals surface area contributed by atoms with Crippen molar-refractivity contribution in [1.82, 2.24) is 10.2 Å². The third kappa shape index (κ3) is 4.14. The number of nitrogens with zero attached hydrogens (tertiary/aromatic N) is 2. The Labute approximate surface area is 135 Å². The highest BCUT2D eigenvalue weighted by Gasteiger charge is 2.12. The number of hydrogen-bond acceptors (Lipinski definition) is 4. The molecule has 0 saturated heterocycles. The van der Waals surface area contributed by atoms with Crippen molar-refractivity contribution in [3.63, 3.8) is 0 Å². The highest BCUT2D eigenvalue weighted by Crippen LogP contribution is 2.17. The summed E-state index contributed by atoms with van der Waals surface area (Å²) < 4.78 is 26.7. The summed E-state index contributed by atoms with van der Waals surface area (Å²) in [5.41, 5.74) is 2.34. The molecule has 1 aromatic heterocycles. The van der Waals surface area contributed by atoms with Crippen molar-refractivity contribution in [3.8, 4) is 11.3 Å². The molecule has 3 aromatic rings. The second-order valence-corrected chi connectivity index (χ2v) is 6.74. The van der Waals surface area contributed by atoms with Crippen LogP contribution in [-0.4, -0.2) is 18.6 Å². The molecule has 0 unspecified atom stereocenters. The molecule has 6 heteroatoms. The smallest absolute Gasteiger partial charge is 0.238 e. The van der Waals surface area contributed by atoms with Crippen LogP contribution in [0.5, 0.6) is 0 Å². The molecule has 0 saturated carbocycles. The second kappa shape index (κ2) is 6.58. The minimum atomic E-state index is -3.52. The minimum absolute atomic E-state index is 0.101. The molecule has 3 rings (SSSR count). The van der Waals surface area contributed by atoms with Gasteiger partial charge in [-0.3, -0.25) is 4.72 Å². The molecule has 1 N–H and O–H groups in total. The zero-order valence-electron chi connectivity index (χ0n) is 12.3. The molecule has 5 nitrogen and oxygen atoms in total. The molecular formula is C17H15N3O2S. The average molecular weight is 325 g/mol. The molecule has 23 heavy (non-hydrogen) atoms. The van der Waals surface area contributed by atoms with Crippen LogP contribution in [0.25, 0.3) is 11.3 Å². The van der Waals surface area contributed by atoms with Gasteiger partial charge in [0.1, 0.15) is 0 Å². The van der Waals surface area contributed by atoms with E-state index in [9.17, 15) is 8.42 Å². The van der Waals surface area contributed by atoms with Crippen LogP contribution in [0, 0.1) is 0 Å². The Morgan fingerprint density at radius 3 is 2.04 bits per heavy atom. The van der Waals surface area contributed by atoms with Gasteiger partial charge in [-0.1, -0.05) is 60.7 Å². The maximum Gasteiger partial charge on any atom is 0.238 e. The summed E-state index contributed by atoms with van der Waals surface area (Å²) in [6, 6.07) is 21.9. The van der Waals surface area contributed by atoms with E-state index in [1.807, 2.05) is 36.4 Å². The Kier molecular flexibility index (Phi) is 4.34. The van der Waals surface area contributed by atoms with E-state index in [-0.39, 0.29) is 11.6 Å². The van der Waals surface area contributed by atoms with Gasteiger partial charge in [0.15, 0.2) is 5.82 Å². The number of nitrogens with one attached hydrogen (secondary N) is 1. The first-order valence-corrected chi connectivity index (χ1v) is 8.71. The van der Waals surface area contributed by atoms with Gasteiger partial charge >= 0.3 is 0 Å². The van der Waals surface area contributed by atoms with Crippen molar-refractivity contribution < 1.29 is 8.42 Å². The second-order valence-electron chi connectivity index (χ2n) is 5.02. The molecule has 0 aliphatic heterocycles.